The summed E-state index contributed by atoms with van der Waals surface area (Å²) < 4.78 is 1.61. The highest BCUT2D eigenvalue weighted by Crippen LogP contribution is 2.10. The van der Waals surface area contributed by atoms with Crippen molar-refractivity contribution in [1.29, 1.82) is 0 Å². The van der Waals surface area contributed by atoms with E-state index in [1.165, 1.54) is 0 Å². The summed E-state index contributed by atoms with van der Waals surface area (Å²) in [6, 6.07) is 2.06. The third-order valence-corrected chi connectivity index (χ3v) is 2.94. The van der Waals surface area contributed by atoms with Crippen molar-refractivity contribution in [2.75, 3.05) is 20.1 Å². The zero-order valence-electron chi connectivity index (χ0n) is 9.51. The summed E-state index contributed by atoms with van der Waals surface area (Å²) in [5.41, 5.74) is 0.643. The van der Waals surface area contributed by atoms with Gasteiger partial charge in [0.1, 0.15) is 5.69 Å². The Morgan fingerprint density at radius 2 is 2.44 bits per heavy atom. The number of aromatic nitrogens is 2. The zero-order valence-corrected chi connectivity index (χ0v) is 10.3. The number of hydrogen-bond acceptors (Lipinski definition) is 3. The first kappa shape index (κ1) is 13.0. The average molecular weight is 245 g/mol. The highest BCUT2D eigenvalue weighted by Gasteiger charge is 2.25. The number of aryl methyl sites for hydroxylation is 1. The first-order valence-electron chi connectivity index (χ1n) is 5.16. The Kier molecular flexibility index (Phi) is 4.32. The zero-order chi connectivity index (χ0) is 10.8. The van der Waals surface area contributed by atoms with E-state index in [1.807, 2.05) is 7.05 Å². The molecule has 0 aliphatic carbocycles. The Morgan fingerprint density at radius 1 is 1.69 bits per heavy atom. The quantitative estimate of drug-likeness (QED) is 0.813. The van der Waals surface area contributed by atoms with E-state index in [1.54, 1.807) is 28.9 Å². The van der Waals surface area contributed by atoms with Gasteiger partial charge in [-0.1, -0.05) is 0 Å². The summed E-state index contributed by atoms with van der Waals surface area (Å²) in [7, 11) is 3.64. The van der Waals surface area contributed by atoms with Crippen LogP contribution in [-0.2, 0) is 7.05 Å². The molecule has 1 atom stereocenters. The lowest BCUT2D eigenvalue weighted by Gasteiger charge is -2.23. The molecule has 1 aromatic heterocycles. The van der Waals surface area contributed by atoms with Gasteiger partial charge < -0.3 is 10.2 Å². The molecule has 0 radical (unpaired) electrons. The number of likely N-dealkylation sites (N-methyl/N-ethyl adjacent to an activating group) is 1. The summed E-state index contributed by atoms with van der Waals surface area (Å²) in [6.07, 6.45) is 2.67. The molecule has 90 valence electrons. The minimum Gasteiger partial charge on any atom is -0.336 e. The Morgan fingerprint density at radius 3 is 2.94 bits per heavy atom. The number of hydrogen-bond donors (Lipinski definition) is 1. The monoisotopic (exact) mass is 244 g/mol. The molecule has 1 fully saturated rings. The number of rotatable bonds is 2. The SMILES string of the molecule is CN(C(=O)c1ccnn1C)C1CCNC1.Cl. The van der Waals surface area contributed by atoms with Gasteiger partial charge in [-0.25, -0.2) is 0 Å². The molecule has 0 aromatic carbocycles. The van der Waals surface area contributed by atoms with Crippen molar-refractivity contribution in [3.8, 4) is 0 Å². The Hall–Kier alpha value is -1.07. The molecule has 0 spiro atoms. The van der Waals surface area contributed by atoms with Gasteiger partial charge in [-0.2, -0.15) is 5.10 Å². The van der Waals surface area contributed by atoms with E-state index in [0.29, 0.717) is 11.7 Å². The largest absolute Gasteiger partial charge is 0.336 e. The standard InChI is InChI=1S/C10H16N4O.ClH/c1-13(8-3-5-11-7-8)10(15)9-4-6-12-14(9)2;/h4,6,8,11H,3,5,7H2,1-2H3;1H. The maximum atomic E-state index is 12.1. The summed E-state index contributed by atoms with van der Waals surface area (Å²) in [4.78, 5) is 13.9. The predicted octanol–water partition coefficient (Wildman–Crippen LogP) is 0.276. The Balaban J connectivity index is 0.00000128. The molecular weight excluding hydrogens is 228 g/mol. The van der Waals surface area contributed by atoms with Gasteiger partial charge in [-0.05, 0) is 19.0 Å². The van der Waals surface area contributed by atoms with Crippen molar-refractivity contribution in [1.82, 2.24) is 20.0 Å². The van der Waals surface area contributed by atoms with Crippen molar-refractivity contribution >= 4 is 18.3 Å². The van der Waals surface area contributed by atoms with Gasteiger partial charge in [0, 0.05) is 32.9 Å². The van der Waals surface area contributed by atoms with Crippen molar-refractivity contribution < 1.29 is 4.79 Å². The molecule has 1 unspecified atom stereocenters. The second-order valence-corrected chi connectivity index (χ2v) is 3.90. The predicted molar refractivity (Wildman–Crippen MR) is 63.8 cm³/mol. The van der Waals surface area contributed by atoms with Crippen LogP contribution in [-0.4, -0.2) is 46.8 Å². The number of halogens is 1. The highest BCUT2D eigenvalue weighted by molar-refractivity contribution is 5.92. The van der Waals surface area contributed by atoms with Crippen LogP contribution in [0.3, 0.4) is 0 Å². The Bertz CT molecular complexity index is 359. The van der Waals surface area contributed by atoms with Crippen molar-refractivity contribution in [2.45, 2.75) is 12.5 Å². The lowest BCUT2D eigenvalue weighted by molar-refractivity contribution is 0.0732. The third kappa shape index (κ3) is 2.36. The second kappa shape index (κ2) is 5.32. The van der Waals surface area contributed by atoms with Crippen LogP contribution in [0.5, 0.6) is 0 Å². The van der Waals surface area contributed by atoms with Gasteiger partial charge in [0.15, 0.2) is 0 Å². The van der Waals surface area contributed by atoms with Gasteiger partial charge in [0.25, 0.3) is 5.91 Å². The lowest BCUT2D eigenvalue weighted by Crippen LogP contribution is -2.39. The first-order chi connectivity index (χ1) is 7.20. The van der Waals surface area contributed by atoms with Crippen LogP contribution in [0.4, 0.5) is 0 Å². The van der Waals surface area contributed by atoms with E-state index in [0.717, 1.165) is 19.5 Å². The summed E-state index contributed by atoms with van der Waals surface area (Å²) in [5.74, 6) is 0.0451. The van der Waals surface area contributed by atoms with E-state index in [2.05, 4.69) is 10.4 Å². The van der Waals surface area contributed by atoms with Crippen molar-refractivity contribution in [3.63, 3.8) is 0 Å². The molecule has 5 nitrogen and oxygen atoms in total. The molecule has 6 heteroatoms. The van der Waals surface area contributed by atoms with E-state index in [-0.39, 0.29) is 18.3 Å². The van der Waals surface area contributed by atoms with Crippen LogP contribution < -0.4 is 5.32 Å². The van der Waals surface area contributed by atoms with Crippen LogP contribution in [0.2, 0.25) is 0 Å². The van der Waals surface area contributed by atoms with Crippen LogP contribution in [0.15, 0.2) is 12.3 Å². The number of nitrogens with zero attached hydrogens (tertiary/aromatic N) is 3. The molecule has 16 heavy (non-hydrogen) atoms. The van der Waals surface area contributed by atoms with Crippen LogP contribution in [0.1, 0.15) is 16.9 Å². The maximum absolute atomic E-state index is 12.1. The van der Waals surface area contributed by atoms with E-state index in [9.17, 15) is 4.79 Å². The minimum atomic E-state index is 0. The number of nitrogens with one attached hydrogen (secondary N) is 1. The number of carbonyl (C=O) groups is 1. The van der Waals surface area contributed by atoms with Crippen LogP contribution >= 0.6 is 12.4 Å². The highest BCUT2D eigenvalue weighted by atomic mass is 35.5. The smallest absolute Gasteiger partial charge is 0.272 e. The van der Waals surface area contributed by atoms with Gasteiger partial charge in [0.2, 0.25) is 0 Å². The first-order valence-corrected chi connectivity index (χ1v) is 5.16. The maximum Gasteiger partial charge on any atom is 0.272 e. The fraction of sp³-hybridized carbons (Fsp3) is 0.600. The third-order valence-electron chi connectivity index (χ3n) is 2.94. The molecule has 1 aliphatic heterocycles. The summed E-state index contributed by atoms with van der Waals surface area (Å²) in [5, 5.41) is 7.25. The van der Waals surface area contributed by atoms with E-state index in [4.69, 9.17) is 0 Å². The van der Waals surface area contributed by atoms with E-state index >= 15 is 0 Å². The van der Waals surface area contributed by atoms with Crippen molar-refractivity contribution in [3.05, 3.63) is 18.0 Å². The van der Waals surface area contributed by atoms with Gasteiger partial charge in [-0.15, -0.1) is 12.4 Å². The minimum absolute atomic E-state index is 0. The molecule has 2 rings (SSSR count). The molecule has 1 aromatic rings. The number of amides is 1. The fourth-order valence-electron chi connectivity index (χ4n) is 1.90. The average Bonchev–Trinajstić information content (AvgIpc) is 2.85. The molecular formula is C10H17ClN4O. The van der Waals surface area contributed by atoms with Crippen molar-refractivity contribution in [2.24, 2.45) is 7.05 Å². The molecule has 1 N–H and O–H groups in total. The van der Waals surface area contributed by atoms with Crippen LogP contribution in [0.25, 0.3) is 0 Å². The molecule has 1 amide bonds. The van der Waals surface area contributed by atoms with E-state index < -0.39 is 0 Å². The topological polar surface area (TPSA) is 50.2 Å². The molecule has 0 saturated carbocycles. The molecule has 1 saturated heterocycles. The Labute approximate surface area is 101 Å². The van der Waals surface area contributed by atoms with Gasteiger partial charge in [0.05, 0.1) is 0 Å². The molecule has 2 heterocycles. The van der Waals surface area contributed by atoms with Gasteiger partial charge >= 0.3 is 0 Å². The van der Waals surface area contributed by atoms with Crippen LogP contribution in [0, 0.1) is 0 Å². The second-order valence-electron chi connectivity index (χ2n) is 3.90. The molecule has 1 aliphatic rings. The van der Waals surface area contributed by atoms with Gasteiger partial charge in [-0.3, -0.25) is 9.48 Å². The summed E-state index contributed by atoms with van der Waals surface area (Å²) in [6.45, 7) is 1.88. The lowest BCUT2D eigenvalue weighted by atomic mass is 10.2. The molecule has 0 bridgehead atoms. The summed E-state index contributed by atoms with van der Waals surface area (Å²) >= 11 is 0. The fourth-order valence-corrected chi connectivity index (χ4v) is 1.90. The normalized spacial score (nSPS) is 19.2. The number of carbonyl (C=O) groups excluding carboxylic acids is 1.